The minimum absolute atomic E-state index is 0.0504. The lowest BCUT2D eigenvalue weighted by atomic mass is 10.4. The SMILES string of the molecule is O=[N+]([O-])c1ccc(NN=Cc2sccc2Br)nc1. The summed E-state index contributed by atoms with van der Waals surface area (Å²) in [5.41, 5.74) is 2.65. The van der Waals surface area contributed by atoms with Crippen LogP contribution in [0.3, 0.4) is 0 Å². The van der Waals surface area contributed by atoms with Crippen LogP contribution in [0.2, 0.25) is 0 Å². The van der Waals surface area contributed by atoms with Crippen molar-refractivity contribution < 1.29 is 4.92 Å². The van der Waals surface area contributed by atoms with E-state index in [0.717, 1.165) is 9.35 Å². The number of hydrogen-bond donors (Lipinski definition) is 1. The van der Waals surface area contributed by atoms with Gasteiger partial charge in [0.2, 0.25) is 0 Å². The normalized spacial score (nSPS) is 10.7. The number of nitro groups is 1. The maximum Gasteiger partial charge on any atom is 0.287 e. The lowest BCUT2D eigenvalue weighted by molar-refractivity contribution is -0.385. The van der Waals surface area contributed by atoms with Crippen molar-refractivity contribution in [1.82, 2.24) is 4.98 Å². The van der Waals surface area contributed by atoms with Crippen LogP contribution in [-0.4, -0.2) is 16.1 Å². The van der Waals surface area contributed by atoms with E-state index in [4.69, 9.17) is 0 Å². The molecule has 18 heavy (non-hydrogen) atoms. The topological polar surface area (TPSA) is 80.4 Å². The highest BCUT2D eigenvalue weighted by Crippen LogP contribution is 2.20. The Hall–Kier alpha value is -1.80. The fourth-order valence-electron chi connectivity index (χ4n) is 1.11. The van der Waals surface area contributed by atoms with E-state index in [2.05, 4.69) is 31.4 Å². The van der Waals surface area contributed by atoms with Gasteiger partial charge in [-0.05, 0) is 33.4 Å². The molecule has 0 unspecified atom stereocenters. The zero-order chi connectivity index (χ0) is 13.0. The molecule has 0 fully saturated rings. The monoisotopic (exact) mass is 326 g/mol. The number of hydrogen-bond acceptors (Lipinski definition) is 6. The smallest absolute Gasteiger partial charge is 0.261 e. The van der Waals surface area contributed by atoms with Crippen molar-refractivity contribution in [2.75, 3.05) is 5.43 Å². The van der Waals surface area contributed by atoms with Gasteiger partial charge < -0.3 is 0 Å². The van der Waals surface area contributed by atoms with Gasteiger partial charge in [0, 0.05) is 10.5 Å². The lowest BCUT2D eigenvalue weighted by Crippen LogP contribution is -1.94. The van der Waals surface area contributed by atoms with Crippen LogP contribution in [0.4, 0.5) is 11.5 Å². The van der Waals surface area contributed by atoms with Gasteiger partial charge in [-0.25, -0.2) is 4.98 Å². The van der Waals surface area contributed by atoms with E-state index in [1.165, 1.54) is 18.3 Å². The number of aromatic nitrogens is 1. The number of hydrazone groups is 1. The number of halogens is 1. The molecule has 1 N–H and O–H groups in total. The van der Waals surface area contributed by atoms with Crippen molar-refractivity contribution in [2.24, 2.45) is 5.10 Å². The second-order valence-electron chi connectivity index (χ2n) is 3.16. The van der Waals surface area contributed by atoms with E-state index in [1.807, 2.05) is 11.4 Å². The van der Waals surface area contributed by atoms with Gasteiger partial charge in [-0.3, -0.25) is 15.5 Å². The summed E-state index contributed by atoms with van der Waals surface area (Å²) in [4.78, 5) is 14.8. The number of rotatable bonds is 4. The quantitative estimate of drug-likeness (QED) is 0.531. The van der Waals surface area contributed by atoms with Crippen LogP contribution in [0.5, 0.6) is 0 Å². The van der Waals surface area contributed by atoms with E-state index < -0.39 is 4.92 Å². The summed E-state index contributed by atoms with van der Waals surface area (Å²) in [6.45, 7) is 0. The van der Waals surface area contributed by atoms with Crippen molar-refractivity contribution in [3.63, 3.8) is 0 Å². The summed E-state index contributed by atoms with van der Waals surface area (Å²) in [6, 6.07) is 4.79. The van der Waals surface area contributed by atoms with Gasteiger partial charge >= 0.3 is 0 Å². The van der Waals surface area contributed by atoms with Gasteiger partial charge in [0.15, 0.2) is 0 Å². The lowest BCUT2D eigenvalue weighted by Gasteiger charge is -1.97. The molecular formula is C10H7BrN4O2S. The number of pyridine rings is 1. The van der Waals surface area contributed by atoms with Crippen LogP contribution in [-0.2, 0) is 0 Å². The van der Waals surface area contributed by atoms with Gasteiger partial charge in [-0.2, -0.15) is 5.10 Å². The first-order chi connectivity index (χ1) is 8.66. The minimum atomic E-state index is -0.497. The molecule has 0 radical (unpaired) electrons. The first-order valence-corrected chi connectivity index (χ1v) is 6.46. The molecule has 0 aliphatic rings. The maximum atomic E-state index is 10.4. The van der Waals surface area contributed by atoms with E-state index in [-0.39, 0.29) is 5.69 Å². The Morgan fingerprint density at radius 3 is 2.89 bits per heavy atom. The first kappa shape index (κ1) is 12.7. The molecule has 0 amide bonds. The molecule has 0 saturated heterocycles. The molecule has 0 aliphatic carbocycles. The van der Waals surface area contributed by atoms with Gasteiger partial charge in [0.1, 0.15) is 12.0 Å². The highest BCUT2D eigenvalue weighted by Gasteiger charge is 2.04. The predicted octanol–water partition coefficient (Wildman–Crippen LogP) is 3.26. The Morgan fingerprint density at radius 2 is 2.33 bits per heavy atom. The Kier molecular flexibility index (Phi) is 4.00. The number of thiophene rings is 1. The second kappa shape index (κ2) is 5.69. The fraction of sp³-hybridized carbons (Fsp3) is 0. The molecule has 0 aromatic carbocycles. The molecule has 2 rings (SSSR count). The molecule has 0 spiro atoms. The molecule has 0 saturated carbocycles. The van der Waals surface area contributed by atoms with E-state index >= 15 is 0 Å². The van der Waals surface area contributed by atoms with Crippen molar-refractivity contribution in [3.05, 3.63) is 49.2 Å². The summed E-state index contributed by atoms with van der Waals surface area (Å²) in [7, 11) is 0. The molecule has 6 nitrogen and oxygen atoms in total. The Morgan fingerprint density at radius 1 is 1.50 bits per heavy atom. The Bertz CT molecular complexity index is 582. The van der Waals surface area contributed by atoms with Crippen LogP contribution in [0.25, 0.3) is 0 Å². The molecule has 0 atom stereocenters. The molecule has 0 bridgehead atoms. The molecule has 8 heteroatoms. The van der Waals surface area contributed by atoms with Crippen molar-refractivity contribution in [3.8, 4) is 0 Å². The zero-order valence-corrected chi connectivity index (χ0v) is 11.3. The highest BCUT2D eigenvalue weighted by molar-refractivity contribution is 9.10. The third kappa shape index (κ3) is 3.11. The molecule has 2 heterocycles. The maximum absolute atomic E-state index is 10.4. The standard InChI is InChI=1S/C10H7BrN4O2S/c11-8-3-4-18-9(8)6-13-14-10-2-1-7(5-12-10)15(16)17/h1-6H,(H,12,14). The Labute approximate surface area is 115 Å². The first-order valence-electron chi connectivity index (χ1n) is 4.79. The van der Waals surface area contributed by atoms with Crippen LogP contribution in [0, 0.1) is 10.1 Å². The van der Waals surface area contributed by atoms with E-state index in [1.54, 1.807) is 17.6 Å². The fourth-order valence-corrected chi connectivity index (χ4v) is 2.45. The summed E-state index contributed by atoms with van der Waals surface area (Å²) < 4.78 is 0.967. The second-order valence-corrected chi connectivity index (χ2v) is 4.96. The summed E-state index contributed by atoms with van der Waals surface area (Å²) >= 11 is 4.92. The minimum Gasteiger partial charge on any atom is -0.261 e. The van der Waals surface area contributed by atoms with Crippen molar-refractivity contribution in [1.29, 1.82) is 0 Å². The summed E-state index contributed by atoms with van der Waals surface area (Å²) in [6.07, 6.45) is 2.83. The zero-order valence-electron chi connectivity index (χ0n) is 8.91. The molecule has 92 valence electrons. The number of nitrogens with one attached hydrogen (secondary N) is 1. The van der Waals surface area contributed by atoms with E-state index in [9.17, 15) is 10.1 Å². The average molecular weight is 327 g/mol. The van der Waals surface area contributed by atoms with Crippen LogP contribution in [0.1, 0.15) is 4.88 Å². The van der Waals surface area contributed by atoms with Crippen LogP contribution in [0.15, 0.2) is 39.4 Å². The summed E-state index contributed by atoms with van der Waals surface area (Å²) in [5.74, 6) is 0.449. The third-order valence-corrected chi connectivity index (χ3v) is 3.77. The largest absolute Gasteiger partial charge is 0.287 e. The third-order valence-electron chi connectivity index (χ3n) is 1.96. The number of anilines is 1. The molecular weight excluding hydrogens is 320 g/mol. The number of nitrogens with zero attached hydrogens (tertiary/aromatic N) is 3. The highest BCUT2D eigenvalue weighted by atomic mass is 79.9. The van der Waals surface area contributed by atoms with E-state index in [0.29, 0.717) is 5.82 Å². The van der Waals surface area contributed by atoms with Gasteiger partial charge in [0.25, 0.3) is 5.69 Å². The van der Waals surface area contributed by atoms with Crippen LogP contribution >= 0.6 is 27.3 Å². The van der Waals surface area contributed by atoms with Crippen molar-refractivity contribution >= 4 is 45.0 Å². The average Bonchev–Trinajstić information content (AvgIpc) is 2.76. The van der Waals surface area contributed by atoms with Crippen LogP contribution < -0.4 is 5.43 Å². The Balaban J connectivity index is 2.00. The summed E-state index contributed by atoms with van der Waals surface area (Å²) in [5, 5.41) is 16.4. The van der Waals surface area contributed by atoms with Crippen molar-refractivity contribution in [2.45, 2.75) is 0 Å². The molecule has 0 aliphatic heterocycles. The van der Waals surface area contributed by atoms with Gasteiger partial charge in [-0.1, -0.05) is 0 Å². The van der Waals surface area contributed by atoms with Gasteiger partial charge in [0.05, 0.1) is 16.0 Å². The predicted molar refractivity (Wildman–Crippen MR) is 74.1 cm³/mol. The molecule has 2 aromatic heterocycles. The van der Waals surface area contributed by atoms with Gasteiger partial charge in [-0.15, -0.1) is 11.3 Å². The molecule has 2 aromatic rings.